The number of fused-ring (bicyclic) bond motifs is 2. The number of nitrogen functional groups attached to an aromatic ring is 1. The summed E-state index contributed by atoms with van der Waals surface area (Å²) in [6.07, 6.45) is 6.16. The number of hydrogen-bond acceptors (Lipinski definition) is 7. The van der Waals surface area contributed by atoms with Gasteiger partial charge in [-0.1, -0.05) is 31.5 Å². The minimum Gasteiger partial charge on any atom is -0.463 e. The number of hydrogen-bond donors (Lipinski definition) is 1. The largest absolute Gasteiger partial charge is 0.463 e. The van der Waals surface area contributed by atoms with E-state index in [0.717, 1.165) is 49.7 Å². The Morgan fingerprint density at radius 3 is 2.88 bits per heavy atom. The third-order valence-corrected chi connectivity index (χ3v) is 6.72. The Labute approximate surface area is 190 Å². The van der Waals surface area contributed by atoms with Gasteiger partial charge in [-0.2, -0.15) is 9.97 Å². The number of nitrogens with zero attached hydrogens (tertiary/aromatic N) is 4. The summed E-state index contributed by atoms with van der Waals surface area (Å²) in [7, 11) is 0. The highest BCUT2D eigenvalue weighted by Gasteiger charge is 2.29. The van der Waals surface area contributed by atoms with Crippen LogP contribution < -0.4 is 15.4 Å². The molecule has 3 aliphatic rings. The molecule has 3 heterocycles. The quantitative estimate of drug-likeness (QED) is 0.638. The number of nitrogens with two attached hydrogens (primary N) is 1. The third-order valence-electron chi connectivity index (χ3n) is 6.72. The molecule has 1 aromatic heterocycles. The molecule has 1 saturated carbocycles. The number of Topliss-reactive ketones (excluding diaryl/α,β-unsaturated/α-hetero) is 1. The normalized spacial score (nSPS) is 18.4. The van der Waals surface area contributed by atoms with Crippen molar-refractivity contribution >= 4 is 17.4 Å². The van der Waals surface area contributed by atoms with E-state index in [4.69, 9.17) is 10.5 Å². The summed E-state index contributed by atoms with van der Waals surface area (Å²) in [6.45, 7) is 7.09. The Morgan fingerprint density at radius 2 is 2.06 bits per heavy atom. The molecule has 170 valence electrons. The van der Waals surface area contributed by atoms with E-state index in [2.05, 4.69) is 40.0 Å². The number of carbonyl (C=O) groups excluding carboxylic acids is 1. The molecule has 1 aromatic carbocycles. The molecular weight excluding hydrogens is 402 g/mol. The number of aromatic nitrogens is 2. The highest BCUT2D eigenvalue weighted by Crippen LogP contribution is 2.33. The minimum atomic E-state index is 0.140. The Balaban J connectivity index is 1.34. The lowest BCUT2D eigenvalue weighted by Gasteiger charge is -2.31. The van der Waals surface area contributed by atoms with Gasteiger partial charge in [-0.25, -0.2) is 0 Å². The minimum absolute atomic E-state index is 0.140. The van der Waals surface area contributed by atoms with E-state index in [1.54, 1.807) is 0 Å². The molecular formula is C25H33N5O2. The standard InChI is InChI=1S/C25H33N5O2/c1-2-3-10-32-25-27-23(26)22-12-21(31)16-30(24(22)28-25)14-18-6-7-20-15-29(13-17-4-5-17)9-8-19(20)11-18/h6-7,11,17H,2-5,8-10,12-16H2,1H3,(H2,26,27,28). The first-order valence-electron chi connectivity index (χ1n) is 12.0. The average Bonchev–Trinajstić information content (AvgIpc) is 3.59. The number of carbonyl (C=O) groups is 1. The molecule has 2 aliphatic heterocycles. The third kappa shape index (κ3) is 4.72. The Morgan fingerprint density at radius 1 is 1.19 bits per heavy atom. The number of anilines is 2. The highest BCUT2D eigenvalue weighted by atomic mass is 16.5. The van der Waals surface area contributed by atoms with Crippen molar-refractivity contribution in [2.75, 3.05) is 36.9 Å². The van der Waals surface area contributed by atoms with Crippen LogP contribution in [0.25, 0.3) is 0 Å². The second-order valence-electron chi connectivity index (χ2n) is 9.50. The molecule has 0 atom stereocenters. The number of unbranched alkanes of at least 4 members (excludes halogenated alkanes) is 1. The monoisotopic (exact) mass is 435 g/mol. The Hall–Kier alpha value is -2.67. The maximum absolute atomic E-state index is 12.4. The van der Waals surface area contributed by atoms with Crippen LogP contribution in [0.2, 0.25) is 0 Å². The molecule has 7 heteroatoms. The molecule has 0 amide bonds. The predicted octanol–water partition coefficient (Wildman–Crippen LogP) is 3.14. The summed E-state index contributed by atoms with van der Waals surface area (Å²) < 4.78 is 5.72. The molecule has 2 aromatic rings. The van der Waals surface area contributed by atoms with Gasteiger partial charge in [0.25, 0.3) is 0 Å². The van der Waals surface area contributed by atoms with Crippen molar-refractivity contribution in [2.45, 2.75) is 58.5 Å². The number of rotatable bonds is 8. The van der Waals surface area contributed by atoms with Gasteiger partial charge in [-0.3, -0.25) is 9.69 Å². The van der Waals surface area contributed by atoms with E-state index in [0.29, 0.717) is 31.5 Å². The lowest BCUT2D eigenvalue weighted by atomic mass is 9.96. The van der Waals surface area contributed by atoms with Gasteiger partial charge in [0.1, 0.15) is 11.6 Å². The fourth-order valence-electron chi connectivity index (χ4n) is 4.75. The summed E-state index contributed by atoms with van der Waals surface area (Å²) in [5.74, 6) is 2.15. The molecule has 7 nitrogen and oxygen atoms in total. The average molecular weight is 436 g/mol. The Bertz CT molecular complexity index is 1000. The fourth-order valence-corrected chi connectivity index (χ4v) is 4.75. The maximum Gasteiger partial charge on any atom is 0.320 e. The van der Waals surface area contributed by atoms with Crippen LogP contribution in [0.1, 0.15) is 54.9 Å². The molecule has 1 aliphatic carbocycles. The first-order chi connectivity index (χ1) is 15.6. The van der Waals surface area contributed by atoms with E-state index >= 15 is 0 Å². The summed E-state index contributed by atoms with van der Waals surface area (Å²) in [4.78, 5) is 26.0. The van der Waals surface area contributed by atoms with Crippen molar-refractivity contribution in [3.63, 3.8) is 0 Å². The second-order valence-corrected chi connectivity index (χ2v) is 9.50. The molecule has 2 N–H and O–H groups in total. The van der Waals surface area contributed by atoms with Crippen LogP contribution in [0.3, 0.4) is 0 Å². The van der Waals surface area contributed by atoms with Crippen LogP contribution >= 0.6 is 0 Å². The van der Waals surface area contributed by atoms with E-state index < -0.39 is 0 Å². The van der Waals surface area contributed by atoms with Crippen molar-refractivity contribution in [1.29, 1.82) is 0 Å². The zero-order chi connectivity index (χ0) is 22.1. The van der Waals surface area contributed by atoms with Gasteiger partial charge in [-0.05, 0) is 48.3 Å². The first-order valence-corrected chi connectivity index (χ1v) is 12.0. The topological polar surface area (TPSA) is 84.6 Å². The SMILES string of the molecule is CCCCOc1nc(N)c2c(n1)N(Cc1ccc3c(c1)CCN(CC1CC1)C3)CC(=O)C2. The summed E-state index contributed by atoms with van der Waals surface area (Å²) in [5.41, 5.74) is 11.0. The maximum atomic E-state index is 12.4. The lowest BCUT2D eigenvalue weighted by Crippen LogP contribution is -2.37. The molecule has 0 saturated heterocycles. The van der Waals surface area contributed by atoms with Gasteiger partial charge in [-0.15, -0.1) is 0 Å². The van der Waals surface area contributed by atoms with Crippen molar-refractivity contribution in [3.8, 4) is 6.01 Å². The van der Waals surface area contributed by atoms with E-state index in [1.165, 1.54) is 36.1 Å². The molecule has 0 unspecified atom stereocenters. The zero-order valence-electron chi connectivity index (χ0n) is 19.0. The number of benzene rings is 1. The highest BCUT2D eigenvalue weighted by molar-refractivity contribution is 5.91. The molecule has 0 spiro atoms. The zero-order valence-corrected chi connectivity index (χ0v) is 19.0. The van der Waals surface area contributed by atoms with E-state index in [-0.39, 0.29) is 12.2 Å². The molecule has 1 fully saturated rings. The summed E-state index contributed by atoms with van der Waals surface area (Å²) in [6, 6.07) is 7.08. The van der Waals surface area contributed by atoms with E-state index in [9.17, 15) is 4.79 Å². The summed E-state index contributed by atoms with van der Waals surface area (Å²) >= 11 is 0. The second kappa shape index (κ2) is 9.06. The predicted molar refractivity (Wildman–Crippen MR) is 125 cm³/mol. The molecule has 32 heavy (non-hydrogen) atoms. The Kier molecular flexibility index (Phi) is 6.00. The molecule has 0 radical (unpaired) electrons. The number of ether oxygens (including phenoxy) is 1. The smallest absolute Gasteiger partial charge is 0.320 e. The molecule has 0 bridgehead atoms. The van der Waals surface area contributed by atoms with Crippen LogP contribution in [0.4, 0.5) is 11.6 Å². The van der Waals surface area contributed by atoms with Crippen LogP contribution in [0, 0.1) is 5.92 Å². The van der Waals surface area contributed by atoms with Crippen LogP contribution in [-0.2, 0) is 30.7 Å². The lowest BCUT2D eigenvalue weighted by molar-refractivity contribution is -0.117. The first kappa shape index (κ1) is 21.2. The van der Waals surface area contributed by atoms with Gasteiger partial charge in [0, 0.05) is 38.2 Å². The van der Waals surface area contributed by atoms with Crippen molar-refractivity contribution in [3.05, 3.63) is 40.5 Å². The van der Waals surface area contributed by atoms with Gasteiger partial charge in [0.2, 0.25) is 0 Å². The van der Waals surface area contributed by atoms with Crippen molar-refractivity contribution < 1.29 is 9.53 Å². The van der Waals surface area contributed by atoms with Crippen molar-refractivity contribution in [2.24, 2.45) is 5.92 Å². The van der Waals surface area contributed by atoms with E-state index in [1.807, 2.05) is 4.90 Å². The van der Waals surface area contributed by atoms with Crippen LogP contribution in [0.5, 0.6) is 6.01 Å². The van der Waals surface area contributed by atoms with Crippen LogP contribution in [0.15, 0.2) is 18.2 Å². The number of ketones is 1. The van der Waals surface area contributed by atoms with Gasteiger partial charge < -0.3 is 15.4 Å². The summed E-state index contributed by atoms with van der Waals surface area (Å²) in [5, 5.41) is 0. The van der Waals surface area contributed by atoms with Crippen molar-refractivity contribution in [1.82, 2.24) is 14.9 Å². The van der Waals surface area contributed by atoms with Gasteiger partial charge >= 0.3 is 6.01 Å². The van der Waals surface area contributed by atoms with Gasteiger partial charge in [0.15, 0.2) is 5.78 Å². The van der Waals surface area contributed by atoms with Crippen LogP contribution in [-0.4, -0.2) is 46.9 Å². The van der Waals surface area contributed by atoms with Gasteiger partial charge in [0.05, 0.1) is 13.2 Å². The fraction of sp³-hybridized carbons (Fsp3) is 0.560. The molecule has 5 rings (SSSR count).